The average molecular weight is 418 g/mol. The maximum absolute atomic E-state index is 12.8. The Balaban J connectivity index is 1.38. The van der Waals surface area contributed by atoms with Crippen LogP contribution in [0.2, 0.25) is 0 Å². The van der Waals surface area contributed by atoms with Crippen molar-refractivity contribution in [2.24, 2.45) is 0 Å². The Morgan fingerprint density at radius 3 is 2.45 bits per heavy atom. The van der Waals surface area contributed by atoms with Crippen molar-refractivity contribution in [3.8, 4) is 5.75 Å². The molecule has 0 bridgehead atoms. The third kappa shape index (κ3) is 4.79. The molecule has 1 fully saturated rings. The molecule has 2 amide bonds. The molecule has 2 N–H and O–H groups in total. The molecule has 3 aromatic rings. The van der Waals surface area contributed by atoms with Gasteiger partial charge in [-0.25, -0.2) is 0 Å². The monoisotopic (exact) mass is 417 g/mol. The molecule has 6 nitrogen and oxygen atoms in total. The summed E-state index contributed by atoms with van der Waals surface area (Å²) in [6.07, 6.45) is 1.47. The molecule has 31 heavy (non-hydrogen) atoms. The summed E-state index contributed by atoms with van der Waals surface area (Å²) in [6.45, 7) is 5.47. The van der Waals surface area contributed by atoms with Gasteiger partial charge in [0.2, 0.25) is 0 Å². The fourth-order valence-corrected chi connectivity index (χ4v) is 3.85. The molecule has 0 radical (unpaired) electrons. The minimum Gasteiger partial charge on any atom is -0.481 e. The van der Waals surface area contributed by atoms with Crippen molar-refractivity contribution in [1.29, 1.82) is 0 Å². The van der Waals surface area contributed by atoms with Crippen molar-refractivity contribution in [1.82, 2.24) is 10.9 Å². The number of amides is 2. The molecule has 0 saturated carbocycles. The molecule has 1 heterocycles. The summed E-state index contributed by atoms with van der Waals surface area (Å²) in [5.41, 5.74) is 7.49. The van der Waals surface area contributed by atoms with E-state index < -0.39 is 12.0 Å². The fourth-order valence-electron chi connectivity index (χ4n) is 3.85. The molecular weight excluding hydrogens is 390 g/mol. The topological polar surface area (TPSA) is 70.7 Å². The van der Waals surface area contributed by atoms with E-state index in [0.717, 1.165) is 48.0 Å². The van der Waals surface area contributed by atoms with Gasteiger partial charge in [0.05, 0.1) is 5.56 Å². The van der Waals surface area contributed by atoms with Crippen LogP contribution in [0.1, 0.15) is 35.7 Å². The van der Waals surface area contributed by atoms with E-state index in [1.807, 2.05) is 67.6 Å². The molecule has 1 atom stereocenters. The summed E-state index contributed by atoms with van der Waals surface area (Å²) in [6, 6.07) is 19.5. The lowest BCUT2D eigenvalue weighted by atomic mass is 10.1. The smallest absolute Gasteiger partial charge is 0.279 e. The number of nitrogens with one attached hydrogen (secondary N) is 2. The van der Waals surface area contributed by atoms with Crippen molar-refractivity contribution in [3.05, 3.63) is 71.8 Å². The first-order valence-corrected chi connectivity index (χ1v) is 10.6. The second-order valence-electron chi connectivity index (χ2n) is 7.93. The second-order valence-corrected chi connectivity index (χ2v) is 7.93. The van der Waals surface area contributed by atoms with Gasteiger partial charge in [-0.15, -0.1) is 0 Å². The van der Waals surface area contributed by atoms with Crippen LogP contribution in [0.3, 0.4) is 0 Å². The lowest BCUT2D eigenvalue weighted by Crippen LogP contribution is -2.47. The molecule has 6 heteroatoms. The predicted molar refractivity (Wildman–Crippen MR) is 122 cm³/mol. The number of fused-ring (bicyclic) bond motifs is 1. The number of nitrogens with zero attached hydrogens (tertiary/aromatic N) is 1. The number of anilines is 1. The van der Waals surface area contributed by atoms with Crippen molar-refractivity contribution in [2.45, 2.75) is 32.8 Å². The van der Waals surface area contributed by atoms with Crippen LogP contribution in [0.25, 0.3) is 10.8 Å². The first-order valence-electron chi connectivity index (χ1n) is 10.6. The Bertz CT molecular complexity index is 1110. The highest BCUT2D eigenvalue weighted by atomic mass is 16.5. The number of hydrazine groups is 1. The molecule has 1 aliphatic heterocycles. The summed E-state index contributed by atoms with van der Waals surface area (Å²) >= 11 is 0. The van der Waals surface area contributed by atoms with E-state index in [1.54, 1.807) is 6.92 Å². The van der Waals surface area contributed by atoms with Crippen molar-refractivity contribution >= 4 is 28.3 Å². The molecule has 1 aliphatic rings. The lowest BCUT2D eigenvalue weighted by Gasteiger charge is -2.22. The molecule has 4 rings (SSSR count). The lowest BCUT2D eigenvalue weighted by molar-refractivity contribution is -0.128. The number of ether oxygens (including phenoxy) is 1. The van der Waals surface area contributed by atoms with E-state index >= 15 is 0 Å². The number of rotatable bonds is 5. The minimum atomic E-state index is -0.767. The molecule has 3 aromatic carbocycles. The van der Waals surface area contributed by atoms with Gasteiger partial charge in [-0.2, -0.15) is 0 Å². The van der Waals surface area contributed by atoms with E-state index in [0.29, 0.717) is 11.3 Å². The van der Waals surface area contributed by atoms with Gasteiger partial charge in [0.1, 0.15) is 5.75 Å². The van der Waals surface area contributed by atoms with Crippen LogP contribution in [0.5, 0.6) is 5.75 Å². The molecule has 0 aromatic heterocycles. The van der Waals surface area contributed by atoms with Gasteiger partial charge in [-0.05, 0) is 61.7 Å². The normalized spacial score (nSPS) is 14.3. The molecular formula is C25H27N3O3. The standard InChI is InChI=1S/C25H27N3O3/c1-17-9-12-23(28-13-5-6-14-28)22(15-17)25(30)27-26-24(29)18(2)31-21-11-10-19-7-3-4-8-20(19)16-21/h3-4,7-12,15-16,18H,5-6,13-14H2,1-2H3,(H,26,29)(H,27,30). The zero-order valence-corrected chi connectivity index (χ0v) is 17.9. The summed E-state index contributed by atoms with van der Waals surface area (Å²) in [7, 11) is 0. The predicted octanol–water partition coefficient (Wildman–Crippen LogP) is 3.98. The number of carbonyl (C=O) groups excluding carboxylic acids is 2. The molecule has 1 unspecified atom stereocenters. The highest BCUT2D eigenvalue weighted by Gasteiger charge is 2.21. The van der Waals surface area contributed by atoms with Gasteiger partial charge in [0.25, 0.3) is 11.8 Å². The summed E-state index contributed by atoms with van der Waals surface area (Å²) in [4.78, 5) is 27.5. The second kappa shape index (κ2) is 9.08. The number of aryl methyl sites for hydroxylation is 1. The van der Waals surface area contributed by atoms with Crippen molar-refractivity contribution < 1.29 is 14.3 Å². The van der Waals surface area contributed by atoms with Crippen LogP contribution in [0.4, 0.5) is 5.69 Å². The zero-order valence-electron chi connectivity index (χ0n) is 17.9. The summed E-state index contributed by atoms with van der Waals surface area (Å²) in [5.74, 6) is -0.156. The highest BCUT2D eigenvalue weighted by Crippen LogP contribution is 2.26. The number of hydrogen-bond acceptors (Lipinski definition) is 4. The van der Waals surface area contributed by atoms with Crippen LogP contribution < -0.4 is 20.5 Å². The minimum absolute atomic E-state index is 0.336. The van der Waals surface area contributed by atoms with E-state index in [4.69, 9.17) is 4.74 Å². The van der Waals surface area contributed by atoms with E-state index in [-0.39, 0.29) is 5.91 Å². The number of hydrogen-bond donors (Lipinski definition) is 2. The van der Waals surface area contributed by atoms with Crippen LogP contribution >= 0.6 is 0 Å². The number of benzene rings is 3. The summed E-state index contributed by atoms with van der Waals surface area (Å²) < 4.78 is 5.77. The van der Waals surface area contributed by atoms with Gasteiger partial charge in [-0.1, -0.05) is 42.0 Å². The van der Waals surface area contributed by atoms with E-state index in [9.17, 15) is 9.59 Å². The fraction of sp³-hybridized carbons (Fsp3) is 0.280. The average Bonchev–Trinajstić information content (AvgIpc) is 3.31. The van der Waals surface area contributed by atoms with Gasteiger partial charge in [0.15, 0.2) is 6.10 Å². The third-order valence-corrected chi connectivity index (χ3v) is 5.55. The largest absolute Gasteiger partial charge is 0.481 e. The van der Waals surface area contributed by atoms with E-state index in [1.165, 1.54) is 0 Å². The maximum atomic E-state index is 12.8. The van der Waals surface area contributed by atoms with Gasteiger partial charge in [0, 0.05) is 18.8 Å². The third-order valence-electron chi connectivity index (χ3n) is 5.55. The SMILES string of the molecule is Cc1ccc(N2CCCC2)c(C(=O)NNC(=O)C(C)Oc2ccc3ccccc3c2)c1. The Hall–Kier alpha value is -3.54. The Labute approximate surface area is 182 Å². The van der Waals surface area contributed by atoms with Crippen molar-refractivity contribution in [3.63, 3.8) is 0 Å². The molecule has 0 spiro atoms. The Morgan fingerprint density at radius 1 is 0.935 bits per heavy atom. The highest BCUT2D eigenvalue weighted by molar-refractivity contribution is 6.01. The van der Waals surface area contributed by atoms with Crippen LogP contribution in [0, 0.1) is 6.92 Å². The molecule has 0 aliphatic carbocycles. The molecule has 160 valence electrons. The van der Waals surface area contributed by atoms with Gasteiger partial charge < -0.3 is 9.64 Å². The molecule has 1 saturated heterocycles. The Morgan fingerprint density at radius 2 is 1.68 bits per heavy atom. The van der Waals surface area contributed by atoms with Gasteiger partial charge >= 0.3 is 0 Å². The van der Waals surface area contributed by atoms with E-state index in [2.05, 4.69) is 15.8 Å². The quantitative estimate of drug-likeness (QED) is 0.616. The van der Waals surface area contributed by atoms with Crippen molar-refractivity contribution in [2.75, 3.05) is 18.0 Å². The van der Waals surface area contributed by atoms with Crippen LogP contribution in [0.15, 0.2) is 60.7 Å². The first kappa shape index (κ1) is 20.7. The maximum Gasteiger partial charge on any atom is 0.279 e. The summed E-state index contributed by atoms with van der Waals surface area (Å²) in [5, 5.41) is 2.14. The van der Waals surface area contributed by atoms with Crippen LogP contribution in [-0.2, 0) is 4.79 Å². The Kier molecular flexibility index (Phi) is 6.07. The number of carbonyl (C=O) groups is 2. The van der Waals surface area contributed by atoms with Crippen LogP contribution in [-0.4, -0.2) is 31.0 Å². The first-order chi connectivity index (χ1) is 15.0. The van der Waals surface area contributed by atoms with Gasteiger partial charge in [-0.3, -0.25) is 20.4 Å². The zero-order chi connectivity index (χ0) is 21.8.